The normalized spacial score (nSPS) is 13.5. The van der Waals surface area contributed by atoms with Crippen LogP contribution < -0.4 is 0 Å². The maximum absolute atomic E-state index is 12.4. The molecule has 0 bridgehead atoms. The molecule has 1 heterocycles. The molecule has 0 aliphatic heterocycles. The van der Waals surface area contributed by atoms with E-state index in [9.17, 15) is 13.2 Å². The summed E-state index contributed by atoms with van der Waals surface area (Å²) >= 11 is 0. The molecule has 0 aliphatic carbocycles. The molecule has 1 aromatic heterocycles. The second-order valence-corrected chi connectivity index (χ2v) is 11.6. The SMILES string of the molecule is Cc1cc(-c2ccco2)ccc1CC(=O)CCC(C)CCS(=O)(=O)C(C)(C)C. The highest BCUT2D eigenvalue weighted by molar-refractivity contribution is 7.92. The van der Waals surface area contributed by atoms with E-state index in [4.69, 9.17) is 4.42 Å². The number of hydrogen-bond donors (Lipinski definition) is 0. The standard InChI is InChI=1S/C23H32O4S/c1-17(12-14-28(25,26)23(3,4)5)8-11-21(24)16-19-9-10-20(15-18(19)2)22-7-6-13-27-22/h6-7,9-10,13,15,17H,8,11-12,14,16H2,1-5H3. The lowest BCUT2D eigenvalue weighted by atomic mass is 9.95. The largest absolute Gasteiger partial charge is 0.464 e. The van der Waals surface area contributed by atoms with Crippen molar-refractivity contribution < 1.29 is 17.6 Å². The Morgan fingerprint density at radius 1 is 1.14 bits per heavy atom. The molecule has 0 fully saturated rings. The molecular formula is C23H32O4S. The second-order valence-electron chi connectivity index (χ2n) is 8.70. The minimum Gasteiger partial charge on any atom is -0.464 e. The Bertz CT molecular complexity index is 887. The summed E-state index contributed by atoms with van der Waals surface area (Å²) in [6.07, 6.45) is 3.87. The molecule has 1 unspecified atom stereocenters. The first kappa shape index (κ1) is 22.4. The number of Topliss-reactive ketones (excluding diaryl/α,β-unsaturated/α-hetero) is 1. The predicted octanol–water partition coefficient (Wildman–Crippen LogP) is 5.39. The van der Waals surface area contributed by atoms with Gasteiger partial charge in [-0.2, -0.15) is 0 Å². The molecule has 1 aromatic carbocycles. The average molecular weight is 405 g/mol. The van der Waals surface area contributed by atoms with Crippen molar-refractivity contribution in [1.29, 1.82) is 0 Å². The van der Waals surface area contributed by atoms with Crippen LogP contribution in [0.2, 0.25) is 0 Å². The lowest BCUT2D eigenvalue weighted by Gasteiger charge is -2.20. The van der Waals surface area contributed by atoms with Gasteiger partial charge in [-0.25, -0.2) is 8.42 Å². The molecule has 5 heteroatoms. The van der Waals surface area contributed by atoms with Crippen molar-refractivity contribution in [3.05, 3.63) is 47.7 Å². The maximum atomic E-state index is 12.4. The van der Waals surface area contributed by atoms with Gasteiger partial charge in [-0.1, -0.05) is 19.1 Å². The lowest BCUT2D eigenvalue weighted by molar-refractivity contribution is -0.118. The molecule has 0 radical (unpaired) electrons. The fourth-order valence-corrected chi connectivity index (χ4v) is 4.33. The second kappa shape index (κ2) is 9.08. The highest BCUT2D eigenvalue weighted by atomic mass is 32.2. The molecule has 1 atom stereocenters. The van der Waals surface area contributed by atoms with E-state index in [2.05, 4.69) is 0 Å². The zero-order valence-electron chi connectivity index (χ0n) is 17.6. The highest BCUT2D eigenvalue weighted by Gasteiger charge is 2.28. The van der Waals surface area contributed by atoms with E-state index in [1.807, 2.05) is 44.2 Å². The summed E-state index contributed by atoms with van der Waals surface area (Å²) in [6, 6.07) is 9.79. The first-order chi connectivity index (χ1) is 13.0. The van der Waals surface area contributed by atoms with Crippen molar-refractivity contribution >= 4 is 15.6 Å². The van der Waals surface area contributed by atoms with Crippen LogP contribution in [-0.2, 0) is 21.1 Å². The molecule has 0 aliphatic rings. The van der Waals surface area contributed by atoms with Gasteiger partial charge in [0.05, 0.1) is 16.8 Å². The van der Waals surface area contributed by atoms with E-state index in [-0.39, 0.29) is 17.5 Å². The van der Waals surface area contributed by atoms with E-state index < -0.39 is 14.6 Å². The molecule has 154 valence electrons. The quantitative estimate of drug-likeness (QED) is 0.562. The van der Waals surface area contributed by atoms with Crippen LogP contribution in [-0.4, -0.2) is 24.7 Å². The van der Waals surface area contributed by atoms with Crippen LogP contribution in [0.5, 0.6) is 0 Å². The summed E-state index contributed by atoms with van der Waals surface area (Å²) in [6.45, 7) is 9.23. The molecule has 28 heavy (non-hydrogen) atoms. The number of ketones is 1. The lowest BCUT2D eigenvalue weighted by Crippen LogP contribution is -2.31. The minimum absolute atomic E-state index is 0.180. The number of rotatable bonds is 9. The summed E-state index contributed by atoms with van der Waals surface area (Å²) in [5.41, 5.74) is 3.11. The average Bonchev–Trinajstić information content (AvgIpc) is 3.13. The Hall–Kier alpha value is -1.88. The minimum atomic E-state index is -3.10. The molecule has 0 spiro atoms. The summed E-state index contributed by atoms with van der Waals surface area (Å²) in [7, 11) is -3.10. The first-order valence-corrected chi connectivity index (χ1v) is 11.5. The van der Waals surface area contributed by atoms with Gasteiger partial charge in [0.15, 0.2) is 9.84 Å². The fourth-order valence-electron chi connectivity index (χ4n) is 3.01. The van der Waals surface area contributed by atoms with Gasteiger partial charge in [-0.05, 0) is 75.8 Å². The van der Waals surface area contributed by atoms with E-state index in [1.54, 1.807) is 27.0 Å². The first-order valence-electron chi connectivity index (χ1n) is 9.87. The maximum Gasteiger partial charge on any atom is 0.155 e. The number of furan rings is 1. The topological polar surface area (TPSA) is 64.3 Å². The molecule has 0 saturated heterocycles. The molecule has 4 nitrogen and oxygen atoms in total. The van der Waals surface area contributed by atoms with Crippen molar-refractivity contribution in [2.45, 2.75) is 65.0 Å². The monoisotopic (exact) mass is 404 g/mol. The molecule has 0 saturated carbocycles. The van der Waals surface area contributed by atoms with Crippen molar-refractivity contribution in [1.82, 2.24) is 0 Å². The fraction of sp³-hybridized carbons (Fsp3) is 0.522. The number of aryl methyl sites for hydroxylation is 1. The Kier molecular flexibility index (Phi) is 7.27. The van der Waals surface area contributed by atoms with Gasteiger partial charge in [-0.3, -0.25) is 4.79 Å². The zero-order chi connectivity index (χ0) is 20.9. The van der Waals surface area contributed by atoms with E-state index in [0.29, 0.717) is 19.3 Å². The van der Waals surface area contributed by atoms with Crippen molar-refractivity contribution in [3.8, 4) is 11.3 Å². The van der Waals surface area contributed by atoms with Crippen LogP contribution in [0, 0.1) is 12.8 Å². The summed E-state index contributed by atoms with van der Waals surface area (Å²) in [5.74, 6) is 1.40. The van der Waals surface area contributed by atoms with Gasteiger partial charge in [0.1, 0.15) is 11.5 Å². The van der Waals surface area contributed by atoms with Gasteiger partial charge < -0.3 is 4.42 Å². The van der Waals surface area contributed by atoms with Gasteiger partial charge >= 0.3 is 0 Å². The number of benzene rings is 1. The summed E-state index contributed by atoms with van der Waals surface area (Å²) in [5, 5.41) is 0. The predicted molar refractivity (Wildman–Crippen MR) is 114 cm³/mol. The van der Waals surface area contributed by atoms with Crippen molar-refractivity contribution in [2.75, 3.05) is 5.75 Å². The Morgan fingerprint density at radius 3 is 2.43 bits per heavy atom. The third-order valence-electron chi connectivity index (χ3n) is 5.26. The smallest absolute Gasteiger partial charge is 0.155 e. The number of hydrogen-bond acceptors (Lipinski definition) is 4. The van der Waals surface area contributed by atoms with E-state index in [1.165, 1.54) is 0 Å². The Balaban J connectivity index is 1.84. The van der Waals surface area contributed by atoms with E-state index in [0.717, 1.165) is 28.9 Å². The van der Waals surface area contributed by atoms with E-state index >= 15 is 0 Å². The van der Waals surface area contributed by atoms with Crippen molar-refractivity contribution in [3.63, 3.8) is 0 Å². The van der Waals surface area contributed by atoms with Crippen LogP contribution in [0.15, 0.2) is 41.0 Å². The third kappa shape index (κ3) is 6.06. The van der Waals surface area contributed by atoms with Gasteiger partial charge in [0, 0.05) is 18.4 Å². The number of carbonyl (C=O) groups excluding carboxylic acids is 1. The Morgan fingerprint density at radius 2 is 1.86 bits per heavy atom. The Labute approximate surface area is 169 Å². The van der Waals surface area contributed by atoms with Crippen LogP contribution in [0.3, 0.4) is 0 Å². The molecule has 2 aromatic rings. The number of carbonyl (C=O) groups is 1. The van der Waals surface area contributed by atoms with Crippen LogP contribution in [0.25, 0.3) is 11.3 Å². The molecule has 0 N–H and O–H groups in total. The summed E-state index contributed by atoms with van der Waals surface area (Å²) < 4.78 is 29.1. The van der Waals surface area contributed by atoms with Gasteiger partial charge in [-0.15, -0.1) is 0 Å². The van der Waals surface area contributed by atoms with Gasteiger partial charge in [0.2, 0.25) is 0 Å². The highest BCUT2D eigenvalue weighted by Crippen LogP contribution is 2.24. The van der Waals surface area contributed by atoms with Crippen LogP contribution >= 0.6 is 0 Å². The van der Waals surface area contributed by atoms with Crippen molar-refractivity contribution in [2.24, 2.45) is 5.92 Å². The third-order valence-corrected chi connectivity index (χ3v) is 7.90. The molecular weight excluding hydrogens is 372 g/mol. The summed E-state index contributed by atoms with van der Waals surface area (Å²) in [4.78, 5) is 12.4. The van der Waals surface area contributed by atoms with Crippen LogP contribution in [0.1, 0.15) is 58.1 Å². The number of sulfone groups is 1. The van der Waals surface area contributed by atoms with Crippen LogP contribution in [0.4, 0.5) is 0 Å². The van der Waals surface area contributed by atoms with Gasteiger partial charge in [0.25, 0.3) is 0 Å². The zero-order valence-corrected chi connectivity index (χ0v) is 18.4. The molecule has 2 rings (SSSR count). The molecule has 0 amide bonds.